The second kappa shape index (κ2) is 12.4. The van der Waals surface area contributed by atoms with E-state index in [1.807, 2.05) is 13.8 Å². The van der Waals surface area contributed by atoms with Crippen LogP contribution in [0.25, 0.3) is 5.69 Å². The lowest BCUT2D eigenvalue weighted by molar-refractivity contribution is -0.215. The molecule has 3 aromatic rings. The molecule has 0 aliphatic heterocycles. The van der Waals surface area contributed by atoms with Crippen LogP contribution in [-0.4, -0.2) is 39.9 Å². The summed E-state index contributed by atoms with van der Waals surface area (Å²) in [4.78, 5) is 16.1. The predicted molar refractivity (Wildman–Crippen MR) is 133 cm³/mol. The monoisotopic (exact) mass is 542 g/mol. The lowest BCUT2D eigenvalue weighted by Gasteiger charge is -2.42. The number of rotatable bonds is 5. The zero-order valence-electron chi connectivity index (χ0n) is 21.8. The Morgan fingerprint density at radius 2 is 1.63 bits per heavy atom. The van der Waals surface area contributed by atoms with Crippen molar-refractivity contribution in [3.05, 3.63) is 82.0 Å². The van der Waals surface area contributed by atoms with Gasteiger partial charge in [-0.25, -0.2) is 8.78 Å². The summed E-state index contributed by atoms with van der Waals surface area (Å²) in [5.41, 5.74) is -0.652. The van der Waals surface area contributed by atoms with E-state index in [0.29, 0.717) is 22.9 Å². The Bertz CT molecular complexity index is 1250. The van der Waals surface area contributed by atoms with Gasteiger partial charge in [0.2, 0.25) is 0 Å². The van der Waals surface area contributed by atoms with E-state index < -0.39 is 36.1 Å². The standard InChI is InChI=1S/C17H18F2N2O4.C8H7F3.C2H6/c1-11-15(22)21(6-5-20-11)12-3-4-13(14(7-12)24-2)25-10-16(23)8-17(18,19)9-16;1-6-2-4-7(5-3-6)8(9,10)11;1-2/h3-7,23H,8-10H2,1-2H3;2-5H,1H3;1-2H3. The van der Waals surface area contributed by atoms with Crippen molar-refractivity contribution in [1.29, 1.82) is 0 Å². The molecular formula is C27H31F5N2O4. The largest absolute Gasteiger partial charge is 0.493 e. The Morgan fingerprint density at radius 3 is 2.16 bits per heavy atom. The first-order valence-corrected chi connectivity index (χ1v) is 11.8. The number of aliphatic hydroxyl groups is 1. The third-order valence-electron chi connectivity index (χ3n) is 5.49. The Morgan fingerprint density at radius 1 is 1.03 bits per heavy atom. The van der Waals surface area contributed by atoms with Crippen LogP contribution in [0.4, 0.5) is 22.0 Å². The van der Waals surface area contributed by atoms with Crippen molar-refractivity contribution < 1.29 is 36.5 Å². The highest BCUT2D eigenvalue weighted by atomic mass is 19.4. The number of halogens is 5. The third-order valence-corrected chi connectivity index (χ3v) is 5.49. The number of nitrogens with zero attached hydrogens (tertiary/aromatic N) is 2. The molecule has 0 radical (unpaired) electrons. The van der Waals surface area contributed by atoms with Crippen LogP contribution in [0, 0.1) is 13.8 Å². The molecule has 0 amide bonds. The average Bonchev–Trinajstić information content (AvgIpc) is 2.84. The first-order valence-electron chi connectivity index (χ1n) is 11.8. The minimum absolute atomic E-state index is 0.257. The number of aryl methyl sites for hydroxylation is 2. The van der Waals surface area contributed by atoms with Crippen molar-refractivity contribution in [2.45, 2.75) is 58.2 Å². The quantitative estimate of drug-likeness (QED) is 0.393. The highest BCUT2D eigenvalue weighted by molar-refractivity contribution is 5.49. The van der Waals surface area contributed by atoms with Crippen molar-refractivity contribution in [1.82, 2.24) is 9.55 Å². The molecule has 38 heavy (non-hydrogen) atoms. The molecule has 4 rings (SSSR count). The molecule has 1 fully saturated rings. The number of aromatic nitrogens is 2. The SMILES string of the molecule is CC.COc1cc(-n2ccnc(C)c2=O)ccc1OCC1(O)CC(F)(F)C1.Cc1ccc(C(F)(F)F)cc1. The molecule has 11 heteroatoms. The maximum atomic E-state index is 12.9. The first-order chi connectivity index (χ1) is 17.7. The fourth-order valence-corrected chi connectivity index (χ4v) is 3.61. The van der Waals surface area contributed by atoms with Gasteiger partial charge in [-0.3, -0.25) is 14.3 Å². The summed E-state index contributed by atoms with van der Waals surface area (Å²) >= 11 is 0. The maximum Gasteiger partial charge on any atom is 0.416 e. The highest BCUT2D eigenvalue weighted by Crippen LogP contribution is 2.46. The molecule has 2 aromatic carbocycles. The van der Waals surface area contributed by atoms with Gasteiger partial charge in [0.1, 0.15) is 17.9 Å². The lowest BCUT2D eigenvalue weighted by Crippen LogP contribution is -2.55. The van der Waals surface area contributed by atoms with Gasteiger partial charge >= 0.3 is 6.18 Å². The molecule has 1 N–H and O–H groups in total. The van der Waals surface area contributed by atoms with Crippen molar-refractivity contribution >= 4 is 0 Å². The number of benzene rings is 2. The molecule has 1 heterocycles. The second-order valence-electron chi connectivity index (χ2n) is 8.61. The van der Waals surface area contributed by atoms with E-state index in [1.165, 1.54) is 36.2 Å². The molecule has 0 bridgehead atoms. The van der Waals surface area contributed by atoms with E-state index in [2.05, 4.69) is 4.98 Å². The molecule has 208 valence electrons. The molecule has 1 saturated carbocycles. The highest BCUT2D eigenvalue weighted by Gasteiger charge is 2.56. The average molecular weight is 543 g/mol. The van der Waals surface area contributed by atoms with Crippen LogP contribution < -0.4 is 15.0 Å². The predicted octanol–water partition coefficient (Wildman–Crippen LogP) is 6.13. The number of ether oxygens (including phenoxy) is 2. The van der Waals surface area contributed by atoms with E-state index >= 15 is 0 Å². The van der Waals surface area contributed by atoms with Crippen LogP contribution in [0.5, 0.6) is 11.5 Å². The summed E-state index contributed by atoms with van der Waals surface area (Å²) in [6, 6.07) is 9.85. The van der Waals surface area contributed by atoms with Gasteiger partial charge in [0.05, 0.1) is 18.4 Å². The van der Waals surface area contributed by atoms with Crippen LogP contribution in [0.3, 0.4) is 0 Å². The van der Waals surface area contributed by atoms with E-state index in [4.69, 9.17) is 9.47 Å². The van der Waals surface area contributed by atoms with Crippen LogP contribution >= 0.6 is 0 Å². The first kappa shape index (κ1) is 30.8. The molecule has 0 unspecified atom stereocenters. The second-order valence-corrected chi connectivity index (χ2v) is 8.61. The van der Waals surface area contributed by atoms with Crippen LogP contribution in [0.2, 0.25) is 0 Å². The number of hydrogen-bond acceptors (Lipinski definition) is 5. The van der Waals surface area contributed by atoms with Gasteiger partial charge < -0.3 is 14.6 Å². The van der Waals surface area contributed by atoms with Gasteiger partial charge in [0.15, 0.2) is 11.5 Å². The number of hydrogen-bond donors (Lipinski definition) is 1. The summed E-state index contributed by atoms with van der Waals surface area (Å²) in [6.45, 7) is 7.11. The van der Waals surface area contributed by atoms with E-state index in [1.54, 1.807) is 32.0 Å². The molecule has 1 aliphatic rings. The fourth-order valence-electron chi connectivity index (χ4n) is 3.61. The van der Waals surface area contributed by atoms with Crippen molar-refractivity contribution in [3.63, 3.8) is 0 Å². The Hall–Kier alpha value is -3.47. The summed E-state index contributed by atoms with van der Waals surface area (Å²) in [6.07, 6.45) is -2.41. The van der Waals surface area contributed by atoms with Crippen molar-refractivity contribution in [3.8, 4) is 17.2 Å². The summed E-state index contributed by atoms with van der Waals surface area (Å²) in [7, 11) is 1.43. The van der Waals surface area contributed by atoms with Crippen LogP contribution in [-0.2, 0) is 6.18 Å². The summed E-state index contributed by atoms with van der Waals surface area (Å²) in [5, 5.41) is 9.97. The maximum absolute atomic E-state index is 12.9. The van der Waals surface area contributed by atoms with Crippen LogP contribution in [0.1, 0.15) is 43.5 Å². The summed E-state index contributed by atoms with van der Waals surface area (Å²) < 4.78 is 73.8. The number of alkyl halides is 5. The molecule has 0 spiro atoms. The zero-order valence-corrected chi connectivity index (χ0v) is 21.8. The fraction of sp³-hybridized carbons (Fsp3) is 0.407. The van der Waals surface area contributed by atoms with Crippen molar-refractivity contribution in [2.75, 3.05) is 13.7 Å². The smallest absolute Gasteiger partial charge is 0.416 e. The van der Waals surface area contributed by atoms with E-state index in [0.717, 1.165) is 17.7 Å². The van der Waals surface area contributed by atoms with Gasteiger partial charge in [0.25, 0.3) is 11.5 Å². The van der Waals surface area contributed by atoms with Crippen LogP contribution in [0.15, 0.2) is 59.7 Å². The van der Waals surface area contributed by atoms with E-state index in [-0.39, 0.29) is 12.2 Å². The minimum atomic E-state index is -4.21. The van der Waals surface area contributed by atoms with Crippen molar-refractivity contribution in [2.24, 2.45) is 0 Å². The van der Waals surface area contributed by atoms with Gasteiger partial charge in [0, 0.05) is 31.3 Å². The molecule has 6 nitrogen and oxygen atoms in total. The minimum Gasteiger partial charge on any atom is -0.493 e. The molecule has 1 aromatic heterocycles. The topological polar surface area (TPSA) is 73.6 Å². The third kappa shape index (κ3) is 8.01. The zero-order chi connectivity index (χ0) is 28.7. The lowest BCUT2D eigenvalue weighted by atomic mass is 9.77. The molecule has 0 atom stereocenters. The van der Waals surface area contributed by atoms with Gasteiger partial charge in [-0.15, -0.1) is 0 Å². The Kier molecular flexibility index (Phi) is 10.0. The normalized spacial score (nSPS) is 15.1. The van der Waals surface area contributed by atoms with Gasteiger partial charge in [-0.1, -0.05) is 31.5 Å². The van der Waals surface area contributed by atoms with E-state index in [9.17, 15) is 31.9 Å². The number of methoxy groups -OCH3 is 1. The Labute approximate surface area is 217 Å². The Balaban J connectivity index is 0.000000327. The van der Waals surface area contributed by atoms with Gasteiger partial charge in [-0.2, -0.15) is 13.2 Å². The molecule has 0 saturated heterocycles. The molecular weight excluding hydrogens is 511 g/mol. The summed E-state index contributed by atoms with van der Waals surface area (Å²) in [5.74, 6) is -2.21. The van der Waals surface area contributed by atoms with Gasteiger partial charge in [-0.05, 0) is 38.1 Å². The molecule has 1 aliphatic carbocycles.